The summed E-state index contributed by atoms with van der Waals surface area (Å²) in [5.41, 5.74) is 0.00211. The molecule has 0 radical (unpaired) electrons. The van der Waals surface area contributed by atoms with Crippen molar-refractivity contribution in [2.45, 2.75) is 143 Å². The number of nitrogens with one attached hydrogen (secondary N) is 1. The molecule has 2 heterocycles. The van der Waals surface area contributed by atoms with Crippen molar-refractivity contribution in [1.82, 2.24) is 14.9 Å². The minimum atomic E-state index is -2.26. The van der Waals surface area contributed by atoms with E-state index in [9.17, 15) is 14.4 Å². The molecule has 14 nitrogen and oxygen atoms in total. The summed E-state index contributed by atoms with van der Waals surface area (Å²) in [5.74, 6) is 5.51. The lowest BCUT2D eigenvalue weighted by Gasteiger charge is -2.39. The van der Waals surface area contributed by atoms with Gasteiger partial charge in [-0.25, -0.2) is 20.3 Å². The summed E-state index contributed by atoms with van der Waals surface area (Å²) in [5, 5.41) is 2.88. The van der Waals surface area contributed by atoms with Crippen LogP contribution in [0.4, 0.5) is 9.59 Å². The number of nitrogens with zero attached hydrogens (tertiary/aromatic N) is 3. The average molecular weight is 777 g/mol. The first-order valence-corrected chi connectivity index (χ1v) is 21.6. The summed E-state index contributed by atoms with van der Waals surface area (Å²) in [6.45, 7) is 29.7. The number of carbonyl (C=O) groups is 3. The minimum absolute atomic E-state index is 0.0565. The number of alkyl carbamates (subject to hydrolysis) is 1. The maximum Gasteiger partial charge on any atom is 0.410 e. The van der Waals surface area contributed by atoms with Crippen molar-refractivity contribution < 1.29 is 47.3 Å². The van der Waals surface area contributed by atoms with Gasteiger partial charge in [-0.2, -0.15) is 4.68 Å². The van der Waals surface area contributed by atoms with Crippen LogP contribution in [0.5, 0.6) is 5.75 Å². The highest BCUT2D eigenvalue weighted by molar-refractivity contribution is 6.74. The van der Waals surface area contributed by atoms with E-state index in [2.05, 4.69) is 60.9 Å². The number of rotatable bonds is 14. The van der Waals surface area contributed by atoms with Crippen LogP contribution >= 0.6 is 0 Å². The third kappa shape index (κ3) is 14.2. The summed E-state index contributed by atoms with van der Waals surface area (Å²) < 4.78 is 33.5. The SMILES string of the molecule is CC(C)(C)OC(=O)NCC(C[n+]1cc(-c2ccc(OCC(ON)C(=O)OC(C)(C)C)cc2)cn1CC1CN(C(=O)OC(C)(C)C)C1)O[Si](C)(C)C(C)(C)C. The predicted molar refractivity (Wildman–Crippen MR) is 208 cm³/mol. The van der Waals surface area contributed by atoms with Crippen LogP contribution < -0.4 is 20.6 Å². The number of carbonyl (C=O) groups excluding carboxylic acids is 3. The van der Waals surface area contributed by atoms with Gasteiger partial charge in [0.2, 0.25) is 12.3 Å². The zero-order valence-electron chi connectivity index (χ0n) is 35.0. The molecule has 1 aromatic carbocycles. The van der Waals surface area contributed by atoms with Crippen LogP contribution in [0.3, 0.4) is 0 Å². The number of likely N-dealkylation sites (tertiary alicyclic amines) is 1. The summed E-state index contributed by atoms with van der Waals surface area (Å²) in [4.78, 5) is 44.4. The van der Waals surface area contributed by atoms with E-state index in [0.717, 1.165) is 11.1 Å². The Balaban J connectivity index is 1.87. The molecule has 2 amide bonds. The number of nitrogens with two attached hydrogens (primary N) is 1. The van der Waals surface area contributed by atoms with Crippen LogP contribution in [0.1, 0.15) is 83.1 Å². The number of aromatic nitrogens is 2. The standard InChI is InChI=1S/C39H65N5O9Si/c1-36(2,3)49-33(45)32(52-40)26-48-30-17-15-28(16-18-30)29-23-43(22-27-20-42(21-27)35(47)51-38(7,8)9)44(24-29)25-31(53-54(13,14)39(10,11)12)19-41-34(46)50-37(4,5)6/h15-18,23-24,27,31-32H,19-22,25-26,40H2,1-14H3/p+1. The number of amides is 2. The Bertz CT molecular complexity index is 1560. The van der Waals surface area contributed by atoms with Crippen LogP contribution in [0.15, 0.2) is 36.7 Å². The van der Waals surface area contributed by atoms with Crippen molar-refractivity contribution in [2.75, 3.05) is 26.2 Å². The predicted octanol–water partition coefficient (Wildman–Crippen LogP) is 6.20. The van der Waals surface area contributed by atoms with Crippen LogP contribution in [-0.2, 0) is 41.4 Å². The molecular weight excluding hydrogens is 711 g/mol. The number of hydrogen-bond acceptors (Lipinski definition) is 10. The van der Waals surface area contributed by atoms with Crippen molar-refractivity contribution >= 4 is 26.5 Å². The Labute approximate surface area is 323 Å². The molecule has 0 saturated carbocycles. The molecule has 2 aromatic rings. The topological polar surface area (TPSA) is 157 Å². The Morgan fingerprint density at radius 2 is 1.44 bits per heavy atom. The van der Waals surface area contributed by atoms with Crippen LogP contribution in [-0.4, -0.2) is 91.3 Å². The Kier molecular flexibility index (Phi) is 14.4. The van der Waals surface area contributed by atoms with E-state index < -0.39 is 43.3 Å². The third-order valence-corrected chi connectivity index (χ3v) is 13.4. The maximum atomic E-state index is 12.7. The van der Waals surface area contributed by atoms with Gasteiger partial charge in [-0.05, 0) is 98.1 Å². The molecule has 0 spiro atoms. The van der Waals surface area contributed by atoms with E-state index in [1.54, 1.807) is 25.7 Å². The summed E-state index contributed by atoms with van der Waals surface area (Å²) in [6.07, 6.45) is 1.90. The third-order valence-electron chi connectivity index (χ3n) is 8.91. The first-order valence-electron chi connectivity index (χ1n) is 18.7. The molecule has 1 aliphatic rings. The number of esters is 1. The van der Waals surface area contributed by atoms with Gasteiger partial charge in [0.05, 0.1) is 24.8 Å². The summed E-state index contributed by atoms with van der Waals surface area (Å²) in [7, 11) is -2.26. The molecule has 0 aliphatic carbocycles. The Hall–Kier alpha value is -3.66. The fraction of sp³-hybridized carbons (Fsp3) is 0.692. The Morgan fingerprint density at radius 1 is 0.870 bits per heavy atom. The average Bonchev–Trinajstić information content (AvgIpc) is 3.36. The molecule has 2 atom stereocenters. The van der Waals surface area contributed by atoms with Crippen molar-refractivity contribution in [3.63, 3.8) is 0 Å². The fourth-order valence-electron chi connectivity index (χ4n) is 5.30. The molecule has 15 heteroatoms. The summed E-state index contributed by atoms with van der Waals surface area (Å²) >= 11 is 0. The second-order valence-corrected chi connectivity index (χ2v) is 23.3. The van der Waals surface area contributed by atoms with Crippen molar-refractivity contribution in [3.8, 4) is 16.9 Å². The van der Waals surface area contributed by atoms with Gasteiger partial charge in [0.1, 0.15) is 35.3 Å². The van der Waals surface area contributed by atoms with Gasteiger partial charge >= 0.3 is 18.2 Å². The lowest BCUT2D eigenvalue weighted by Crippen LogP contribution is -2.57. The van der Waals surface area contributed by atoms with Crippen molar-refractivity contribution in [3.05, 3.63) is 36.7 Å². The monoisotopic (exact) mass is 776 g/mol. The van der Waals surface area contributed by atoms with Crippen LogP contribution in [0, 0.1) is 5.92 Å². The van der Waals surface area contributed by atoms with Gasteiger partial charge in [-0.1, -0.05) is 32.9 Å². The molecule has 3 rings (SSSR count). The molecule has 1 aromatic heterocycles. The first kappa shape index (κ1) is 44.7. The van der Waals surface area contributed by atoms with Crippen molar-refractivity contribution in [2.24, 2.45) is 11.8 Å². The van der Waals surface area contributed by atoms with E-state index >= 15 is 0 Å². The van der Waals surface area contributed by atoms with Crippen LogP contribution in [0.2, 0.25) is 18.1 Å². The number of benzene rings is 1. The lowest BCUT2D eigenvalue weighted by molar-refractivity contribution is -0.780. The van der Waals surface area contributed by atoms with E-state index in [4.69, 9.17) is 34.1 Å². The Morgan fingerprint density at radius 3 is 1.96 bits per heavy atom. The molecule has 54 heavy (non-hydrogen) atoms. The van der Waals surface area contributed by atoms with Gasteiger partial charge < -0.3 is 33.6 Å². The number of hydrogen-bond donors (Lipinski definition) is 2. The van der Waals surface area contributed by atoms with Gasteiger partial charge in [-0.3, -0.25) is 4.84 Å². The van der Waals surface area contributed by atoms with Gasteiger partial charge in [0.15, 0.2) is 14.9 Å². The zero-order valence-corrected chi connectivity index (χ0v) is 36.0. The molecule has 2 unspecified atom stereocenters. The molecule has 1 saturated heterocycles. The molecular formula is C39H66N5O9Si+. The van der Waals surface area contributed by atoms with E-state index in [1.165, 1.54) is 0 Å². The van der Waals surface area contributed by atoms with Crippen LogP contribution in [0.25, 0.3) is 11.1 Å². The second kappa shape index (κ2) is 17.4. The highest BCUT2D eigenvalue weighted by Crippen LogP contribution is 2.37. The minimum Gasteiger partial charge on any atom is -0.490 e. The summed E-state index contributed by atoms with van der Waals surface area (Å²) in [6, 6.07) is 7.51. The van der Waals surface area contributed by atoms with Crippen molar-refractivity contribution in [1.29, 1.82) is 0 Å². The fourth-order valence-corrected chi connectivity index (χ4v) is 6.64. The molecule has 0 bridgehead atoms. The molecule has 304 valence electrons. The normalized spacial score (nSPS) is 15.6. The quantitative estimate of drug-likeness (QED) is 0.0745. The molecule has 1 aliphatic heterocycles. The smallest absolute Gasteiger partial charge is 0.410 e. The van der Waals surface area contributed by atoms with E-state index in [-0.39, 0.29) is 36.3 Å². The molecule has 3 N–H and O–H groups in total. The molecule has 1 fully saturated rings. The largest absolute Gasteiger partial charge is 0.490 e. The van der Waals surface area contributed by atoms with Gasteiger partial charge in [0, 0.05) is 19.0 Å². The lowest BCUT2D eigenvalue weighted by atomic mass is 10.0. The van der Waals surface area contributed by atoms with Gasteiger partial charge in [0.25, 0.3) is 0 Å². The van der Waals surface area contributed by atoms with Gasteiger partial charge in [-0.15, -0.1) is 4.68 Å². The number of ether oxygens (including phenoxy) is 4. The first-order chi connectivity index (χ1) is 24.6. The maximum absolute atomic E-state index is 12.7. The zero-order chi connectivity index (χ0) is 40.9. The highest BCUT2D eigenvalue weighted by Gasteiger charge is 2.41. The second-order valence-electron chi connectivity index (χ2n) is 18.6. The highest BCUT2D eigenvalue weighted by atomic mass is 28.4. The van der Waals surface area contributed by atoms with E-state index in [1.807, 2.05) is 65.8 Å². The van der Waals surface area contributed by atoms with E-state index in [0.29, 0.717) is 31.9 Å².